The Hall–Kier alpha value is -2.07. The summed E-state index contributed by atoms with van der Waals surface area (Å²) < 4.78 is 7.88. The van der Waals surface area contributed by atoms with Crippen LogP contribution in [-0.4, -0.2) is 71.5 Å². The Morgan fingerprint density at radius 1 is 1.16 bits per heavy atom. The number of nitrogens with zero attached hydrogens (tertiary/aromatic N) is 4. The third kappa shape index (κ3) is 5.06. The highest BCUT2D eigenvalue weighted by Crippen LogP contribution is 2.33. The number of aryl methyl sites for hydroxylation is 1. The maximum Gasteiger partial charge on any atom is 0.329 e. The molecule has 31 heavy (non-hydrogen) atoms. The number of hydrogen-bond donors (Lipinski definition) is 2. The van der Waals surface area contributed by atoms with Crippen LogP contribution in [0.1, 0.15) is 20.3 Å². The van der Waals surface area contributed by atoms with E-state index in [1.165, 1.54) is 4.90 Å². The molecule has 4 rings (SSSR count). The van der Waals surface area contributed by atoms with E-state index < -0.39 is 6.03 Å². The van der Waals surface area contributed by atoms with E-state index in [0.717, 1.165) is 36.3 Å². The van der Waals surface area contributed by atoms with E-state index >= 15 is 0 Å². The van der Waals surface area contributed by atoms with Crippen LogP contribution in [0.4, 0.5) is 10.6 Å². The van der Waals surface area contributed by atoms with Crippen LogP contribution in [0.2, 0.25) is 0 Å². The highest BCUT2D eigenvalue weighted by Gasteiger charge is 2.29. The Bertz CT molecular complexity index is 927. The van der Waals surface area contributed by atoms with E-state index in [1.807, 2.05) is 25.2 Å². The largest absolute Gasteiger partial charge is 0.490 e. The van der Waals surface area contributed by atoms with Crippen molar-refractivity contribution in [1.29, 1.82) is 0 Å². The van der Waals surface area contributed by atoms with Crippen LogP contribution < -0.4 is 20.3 Å². The van der Waals surface area contributed by atoms with Crippen LogP contribution in [-0.2, 0) is 11.8 Å². The lowest BCUT2D eigenvalue weighted by atomic mass is 10.1. The SMILES string of the molecule is C[C@@H]1CNC[C@H](C)N1CCOc1cccc2c(N3CCC(=O)NC3=O)nn(C)c12.Cl.Cl. The van der Waals surface area contributed by atoms with Gasteiger partial charge < -0.3 is 10.1 Å². The van der Waals surface area contributed by atoms with Crippen LogP contribution in [0.5, 0.6) is 5.75 Å². The molecule has 2 aliphatic heterocycles. The van der Waals surface area contributed by atoms with Crippen LogP contribution in [0.3, 0.4) is 0 Å². The number of ether oxygens (including phenoxy) is 1. The Balaban J connectivity index is 0.00000171. The second-order valence-corrected chi connectivity index (χ2v) is 7.80. The van der Waals surface area contributed by atoms with Crippen molar-refractivity contribution in [2.75, 3.05) is 37.7 Å². The molecule has 0 aliphatic carbocycles. The van der Waals surface area contributed by atoms with Gasteiger partial charge in [0.15, 0.2) is 5.82 Å². The highest BCUT2D eigenvalue weighted by molar-refractivity contribution is 6.09. The predicted molar refractivity (Wildman–Crippen MR) is 125 cm³/mol. The maximum atomic E-state index is 12.3. The fourth-order valence-corrected chi connectivity index (χ4v) is 4.24. The Morgan fingerprint density at radius 2 is 1.87 bits per heavy atom. The number of piperazine rings is 1. The lowest BCUT2D eigenvalue weighted by Crippen LogP contribution is -2.55. The van der Waals surface area contributed by atoms with Crippen molar-refractivity contribution in [3.05, 3.63) is 18.2 Å². The van der Waals surface area contributed by atoms with E-state index in [9.17, 15) is 9.59 Å². The molecule has 11 heteroatoms. The molecule has 3 heterocycles. The fraction of sp³-hybridized carbons (Fsp3) is 0.550. The molecule has 2 aromatic rings. The van der Waals surface area contributed by atoms with E-state index in [4.69, 9.17) is 4.74 Å². The summed E-state index contributed by atoms with van der Waals surface area (Å²) in [5.74, 6) is 1.03. The van der Waals surface area contributed by atoms with Crippen LogP contribution in [0.15, 0.2) is 18.2 Å². The molecule has 3 amide bonds. The summed E-state index contributed by atoms with van der Waals surface area (Å²) in [6, 6.07) is 6.27. The Kier molecular flexibility index (Phi) is 8.53. The van der Waals surface area contributed by atoms with E-state index in [1.54, 1.807) is 4.68 Å². The number of fused-ring (bicyclic) bond motifs is 1. The predicted octanol–water partition coefficient (Wildman–Crippen LogP) is 1.92. The van der Waals surface area contributed by atoms with Gasteiger partial charge in [-0.05, 0) is 26.0 Å². The van der Waals surface area contributed by atoms with Crippen LogP contribution >= 0.6 is 24.8 Å². The number of carbonyl (C=O) groups is 2. The average molecular weight is 473 g/mol. The summed E-state index contributed by atoms with van der Waals surface area (Å²) in [5.41, 5.74) is 0.841. The molecular formula is C20H30Cl2N6O3. The number of aromatic nitrogens is 2. The molecule has 2 N–H and O–H groups in total. The highest BCUT2D eigenvalue weighted by atomic mass is 35.5. The van der Waals surface area contributed by atoms with Gasteiger partial charge in [0.1, 0.15) is 17.9 Å². The molecule has 2 saturated heterocycles. The fourth-order valence-electron chi connectivity index (χ4n) is 4.24. The summed E-state index contributed by atoms with van der Waals surface area (Å²) in [6.07, 6.45) is 0.265. The summed E-state index contributed by atoms with van der Waals surface area (Å²) in [7, 11) is 1.84. The maximum absolute atomic E-state index is 12.3. The van der Waals surface area contributed by atoms with Gasteiger partial charge in [-0.3, -0.25) is 24.6 Å². The second-order valence-electron chi connectivity index (χ2n) is 7.80. The van der Waals surface area contributed by atoms with Crippen molar-refractivity contribution >= 4 is 53.5 Å². The first-order valence-electron chi connectivity index (χ1n) is 10.1. The number of carbonyl (C=O) groups excluding carboxylic acids is 2. The number of imide groups is 1. The van der Waals surface area contributed by atoms with Crippen molar-refractivity contribution < 1.29 is 14.3 Å². The molecule has 9 nitrogen and oxygen atoms in total. The number of benzene rings is 1. The molecule has 1 aromatic carbocycles. The topological polar surface area (TPSA) is 91.7 Å². The quantitative estimate of drug-likeness (QED) is 0.690. The van der Waals surface area contributed by atoms with Gasteiger partial charge in [0.25, 0.3) is 0 Å². The summed E-state index contributed by atoms with van der Waals surface area (Å²) in [5, 5.41) is 11.2. The zero-order chi connectivity index (χ0) is 20.5. The number of amides is 3. The van der Waals surface area contributed by atoms with Crippen LogP contribution in [0.25, 0.3) is 10.9 Å². The monoisotopic (exact) mass is 472 g/mol. The van der Waals surface area contributed by atoms with Gasteiger partial charge in [0.05, 0.1) is 0 Å². The molecule has 2 atom stereocenters. The molecule has 2 aliphatic rings. The summed E-state index contributed by atoms with van der Waals surface area (Å²) >= 11 is 0. The summed E-state index contributed by atoms with van der Waals surface area (Å²) in [4.78, 5) is 27.7. The van der Waals surface area contributed by atoms with E-state index in [2.05, 4.69) is 34.5 Å². The lowest BCUT2D eigenvalue weighted by Gasteiger charge is -2.39. The normalized spacial score (nSPS) is 22.0. The van der Waals surface area contributed by atoms with Crippen molar-refractivity contribution in [3.63, 3.8) is 0 Å². The average Bonchev–Trinajstić information content (AvgIpc) is 3.01. The number of rotatable bonds is 5. The van der Waals surface area contributed by atoms with E-state index in [-0.39, 0.29) is 37.1 Å². The molecule has 0 bridgehead atoms. The van der Waals surface area contributed by atoms with Crippen molar-refractivity contribution in [2.45, 2.75) is 32.4 Å². The zero-order valence-electron chi connectivity index (χ0n) is 18.0. The first-order valence-corrected chi connectivity index (χ1v) is 10.1. The number of halogens is 2. The molecular weight excluding hydrogens is 443 g/mol. The number of anilines is 1. The zero-order valence-corrected chi connectivity index (χ0v) is 19.6. The minimum absolute atomic E-state index is 0. The van der Waals surface area contributed by atoms with Crippen molar-refractivity contribution in [1.82, 2.24) is 25.3 Å². The van der Waals surface area contributed by atoms with Gasteiger partial charge in [-0.2, -0.15) is 5.10 Å². The lowest BCUT2D eigenvalue weighted by molar-refractivity contribution is -0.120. The molecule has 0 unspecified atom stereocenters. The second kappa shape index (κ2) is 10.5. The minimum Gasteiger partial charge on any atom is -0.490 e. The molecule has 172 valence electrons. The van der Waals surface area contributed by atoms with Crippen molar-refractivity contribution in [2.24, 2.45) is 7.05 Å². The van der Waals surface area contributed by atoms with Gasteiger partial charge in [0, 0.05) is 57.1 Å². The standard InChI is InChI=1S/C20H28N6O3.2ClH/c1-13-11-21-12-14(2)25(13)9-10-29-16-6-4-5-15-18(16)24(3)23-19(15)26-8-7-17(27)22-20(26)28;;/h4-6,13-14,21H,7-12H2,1-3H3,(H,22,27,28);2*1H/t13-,14+;;. The smallest absolute Gasteiger partial charge is 0.329 e. The van der Waals surface area contributed by atoms with Gasteiger partial charge in [0.2, 0.25) is 5.91 Å². The third-order valence-corrected chi connectivity index (χ3v) is 5.74. The van der Waals surface area contributed by atoms with Crippen LogP contribution in [0, 0.1) is 0 Å². The van der Waals surface area contributed by atoms with Crippen molar-refractivity contribution in [3.8, 4) is 5.75 Å². The minimum atomic E-state index is -0.436. The molecule has 0 spiro atoms. The molecule has 1 aromatic heterocycles. The first-order chi connectivity index (χ1) is 14.0. The Morgan fingerprint density at radius 3 is 2.55 bits per heavy atom. The molecule has 0 radical (unpaired) electrons. The number of para-hydroxylation sites is 1. The van der Waals surface area contributed by atoms with Gasteiger partial charge in [-0.15, -0.1) is 24.8 Å². The first kappa shape index (κ1) is 25.2. The third-order valence-electron chi connectivity index (χ3n) is 5.74. The van der Waals surface area contributed by atoms with Gasteiger partial charge >= 0.3 is 6.03 Å². The number of urea groups is 1. The van der Waals surface area contributed by atoms with E-state index in [0.29, 0.717) is 31.1 Å². The molecule has 0 saturated carbocycles. The van der Waals surface area contributed by atoms with Gasteiger partial charge in [-0.25, -0.2) is 4.79 Å². The number of nitrogens with one attached hydrogen (secondary N) is 2. The number of hydrogen-bond acceptors (Lipinski definition) is 6. The summed E-state index contributed by atoms with van der Waals surface area (Å²) in [6.45, 7) is 8.18. The molecule has 2 fully saturated rings. The Labute approximate surface area is 194 Å². The van der Waals surface area contributed by atoms with Gasteiger partial charge in [-0.1, -0.05) is 6.07 Å².